The summed E-state index contributed by atoms with van der Waals surface area (Å²) >= 11 is 2.19. The topological polar surface area (TPSA) is 34.5 Å². The molecular formula is C9H13IN2O2. The maximum atomic E-state index is 11.7. The molecular weight excluding hydrogens is 295 g/mol. The van der Waals surface area contributed by atoms with Gasteiger partial charge in [0.2, 0.25) is 0 Å². The summed E-state index contributed by atoms with van der Waals surface area (Å²) < 4.78 is 2.96. The number of aromatic nitrogens is 1. The van der Waals surface area contributed by atoms with Gasteiger partial charge in [0.1, 0.15) is 5.69 Å². The third-order valence-electron chi connectivity index (χ3n) is 1.98. The SMILES string of the molecule is CCn1cc(I)cc1C(=O)N(C)OC. The number of carbonyl (C=O) groups excluding carboxylic acids is 1. The van der Waals surface area contributed by atoms with Gasteiger partial charge in [-0.2, -0.15) is 0 Å². The van der Waals surface area contributed by atoms with Crippen molar-refractivity contribution in [1.82, 2.24) is 9.63 Å². The van der Waals surface area contributed by atoms with Gasteiger partial charge in [0.25, 0.3) is 5.91 Å². The summed E-state index contributed by atoms with van der Waals surface area (Å²) in [6.07, 6.45) is 1.94. The number of halogens is 1. The minimum absolute atomic E-state index is 0.128. The molecule has 0 aromatic carbocycles. The molecule has 5 heteroatoms. The van der Waals surface area contributed by atoms with E-state index in [-0.39, 0.29) is 5.91 Å². The van der Waals surface area contributed by atoms with Crippen molar-refractivity contribution >= 4 is 28.5 Å². The Bertz CT molecular complexity index is 336. The Balaban J connectivity index is 2.99. The Hall–Kier alpha value is -0.560. The molecule has 0 fully saturated rings. The minimum atomic E-state index is -0.128. The van der Waals surface area contributed by atoms with Gasteiger partial charge in [-0.1, -0.05) is 0 Å². The van der Waals surface area contributed by atoms with E-state index in [0.717, 1.165) is 10.1 Å². The van der Waals surface area contributed by atoms with Crippen LogP contribution in [0.25, 0.3) is 0 Å². The van der Waals surface area contributed by atoms with Gasteiger partial charge in [-0.3, -0.25) is 9.63 Å². The van der Waals surface area contributed by atoms with E-state index in [2.05, 4.69) is 22.6 Å². The van der Waals surface area contributed by atoms with Gasteiger partial charge in [0, 0.05) is 23.4 Å². The molecule has 78 valence electrons. The zero-order valence-corrected chi connectivity index (χ0v) is 10.6. The van der Waals surface area contributed by atoms with E-state index in [1.807, 2.05) is 23.8 Å². The molecule has 0 saturated carbocycles. The standard InChI is InChI=1S/C9H13IN2O2/c1-4-12-6-7(10)5-8(12)9(13)11(2)14-3/h5-6H,4H2,1-3H3. The first-order valence-corrected chi connectivity index (χ1v) is 5.35. The molecule has 0 aliphatic carbocycles. The van der Waals surface area contributed by atoms with E-state index < -0.39 is 0 Å². The highest BCUT2D eigenvalue weighted by molar-refractivity contribution is 14.1. The summed E-state index contributed by atoms with van der Waals surface area (Å²) in [6, 6.07) is 1.85. The fourth-order valence-corrected chi connectivity index (χ4v) is 1.79. The van der Waals surface area contributed by atoms with Crippen molar-refractivity contribution in [3.8, 4) is 0 Å². The zero-order chi connectivity index (χ0) is 10.7. The molecule has 0 aliphatic heterocycles. The largest absolute Gasteiger partial charge is 0.343 e. The van der Waals surface area contributed by atoms with Crippen LogP contribution in [0, 0.1) is 3.57 Å². The van der Waals surface area contributed by atoms with Gasteiger partial charge in [0.05, 0.1) is 7.11 Å². The molecule has 0 aliphatic rings. The first-order valence-electron chi connectivity index (χ1n) is 4.28. The van der Waals surface area contributed by atoms with Crippen molar-refractivity contribution in [2.75, 3.05) is 14.2 Å². The van der Waals surface area contributed by atoms with Crippen molar-refractivity contribution in [2.45, 2.75) is 13.5 Å². The van der Waals surface area contributed by atoms with Crippen LogP contribution in [0.2, 0.25) is 0 Å². The molecule has 1 aromatic rings. The third-order valence-corrected chi connectivity index (χ3v) is 2.57. The lowest BCUT2D eigenvalue weighted by atomic mass is 10.4. The summed E-state index contributed by atoms with van der Waals surface area (Å²) in [4.78, 5) is 16.6. The monoisotopic (exact) mass is 308 g/mol. The van der Waals surface area contributed by atoms with Gasteiger partial charge in [-0.15, -0.1) is 0 Å². The molecule has 0 N–H and O–H groups in total. The Morgan fingerprint density at radius 2 is 2.36 bits per heavy atom. The van der Waals surface area contributed by atoms with Crippen LogP contribution in [0.3, 0.4) is 0 Å². The number of amides is 1. The molecule has 0 radical (unpaired) electrons. The lowest BCUT2D eigenvalue weighted by Gasteiger charge is -2.14. The predicted molar refractivity (Wildman–Crippen MR) is 61.9 cm³/mol. The van der Waals surface area contributed by atoms with E-state index in [1.54, 1.807) is 7.05 Å². The summed E-state index contributed by atoms with van der Waals surface area (Å²) in [5, 5.41) is 1.22. The molecule has 14 heavy (non-hydrogen) atoms. The van der Waals surface area contributed by atoms with Crippen LogP contribution in [0.1, 0.15) is 17.4 Å². The van der Waals surface area contributed by atoms with Crippen molar-refractivity contribution in [1.29, 1.82) is 0 Å². The van der Waals surface area contributed by atoms with Crippen LogP contribution in [0.5, 0.6) is 0 Å². The number of aryl methyl sites for hydroxylation is 1. The summed E-state index contributed by atoms with van der Waals surface area (Å²) in [6.45, 7) is 2.78. The van der Waals surface area contributed by atoms with Crippen LogP contribution < -0.4 is 0 Å². The molecule has 0 spiro atoms. The minimum Gasteiger partial charge on any atom is -0.343 e. The molecule has 0 saturated heterocycles. The highest BCUT2D eigenvalue weighted by Gasteiger charge is 2.16. The molecule has 1 rings (SSSR count). The van der Waals surface area contributed by atoms with Crippen LogP contribution in [-0.4, -0.2) is 29.7 Å². The zero-order valence-electron chi connectivity index (χ0n) is 8.45. The Morgan fingerprint density at radius 3 is 2.86 bits per heavy atom. The normalized spacial score (nSPS) is 10.3. The van der Waals surface area contributed by atoms with Crippen molar-refractivity contribution in [3.63, 3.8) is 0 Å². The maximum absolute atomic E-state index is 11.7. The lowest BCUT2D eigenvalue weighted by Crippen LogP contribution is -2.27. The van der Waals surface area contributed by atoms with Crippen molar-refractivity contribution in [2.24, 2.45) is 0 Å². The van der Waals surface area contributed by atoms with Gasteiger partial charge >= 0.3 is 0 Å². The van der Waals surface area contributed by atoms with Gasteiger partial charge in [0.15, 0.2) is 0 Å². The van der Waals surface area contributed by atoms with Gasteiger partial charge < -0.3 is 4.57 Å². The van der Waals surface area contributed by atoms with E-state index in [4.69, 9.17) is 4.84 Å². The molecule has 0 bridgehead atoms. The maximum Gasteiger partial charge on any atom is 0.293 e. The number of carbonyl (C=O) groups is 1. The summed E-state index contributed by atoms with van der Waals surface area (Å²) in [7, 11) is 3.07. The average molecular weight is 308 g/mol. The van der Waals surface area contributed by atoms with Crippen molar-refractivity contribution in [3.05, 3.63) is 21.5 Å². The van der Waals surface area contributed by atoms with Gasteiger partial charge in [-0.25, -0.2) is 5.06 Å². The molecule has 1 aromatic heterocycles. The molecule has 1 amide bonds. The molecule has 4 nitrogen and oxygen atoms in total. The smallest absolute Gasteiger partial charge is 0.293 e. The van der Waals surface area contributed by atoms with Crippen LogP contribution in [-0.2, 0) is 11.4 Å². The fourth-order valence-electron chi connectivity index (χ4n) is 1.16. The Labute approximate surface area is 96.9 Å². The second kappa shape index (κ2) is 4.79. The number of hydroxylamine groups is 2. The van der Waals surface area contributed by atoms with Crippen LogP contribution in [0.4, 0.5) is 0 Å². The van der Waals surface area contributed by atoms with Crippen molar-refractivity contribution < 1.29 is 9.63 Å². The number of hydrogen-bond donors (Lipinski definition) is 0. The number of hydrogen-bond acceptors (Lipinski definition) is 2. The van der Waals surface area contributed by atoms with E-state index in [1.165, 1.54) is 12.2 Å². The third kappa shape index (κ3) is 2.27. The first kappa shape index (κ1) is 11.5. The predicted octanol–water partition coefficient (Wildman–Crippen LogP) is 1.75. The fraction of sp³-hybridized carbons (Fsp3) is 0.444. The number of rotatable bonds is 3. The number of nitrogens with zero attached hydrogens (tertiary/aromatic N) is 2. The second-order valence-corrected chi connectivity index (χ2v) is 4.06. The molecule has 0 atom stereocenters. The summed E-state index contributed by atoms with van der Waals surface area (Å²) in [5.74, 6) is -0.128. The molecule has 1 heterocycles. The highest BCUT2D eigenvalue weighted by atomic mass is 127. The second-order valence-electron chi connectivity index (χ2n) is 2.81. The summed E-state index contributed by atoms with van der Waals surface area (Å²) in [5.41, 5.74) is 0.654. The quantitative estimate of drug-likeness (QED) is 0.630. The Morgan fingerprint density at radius 1 is 1.71 bits per heavy atom. The van der Waals surface area contributed by atoms with E-state index >= 15 is 0 Å². The van der Waals surface area contributed by atoms with Crippen LogP contribution >= 0.6 is 22.6 Å². The van der Waals surface area contributed by atoms with E-state index in [9.17, 15) is 4.79 Å². The first-order chi connectivity index (χ1) is 6.60. The Kier molecular flexibility index (Phi) is 3.94. The van der Waals surface area contributed by atoms with Crippen LogP contribution in [0.15, 0.2) is 12.3 Å². The molecule has 0 unspecified atom stereocenters. The van der Waals surface area contributed by atoms with E-state index in [0.29, 0.717) is 5.69 Å². The van der Waals surface area contributed by atoms with Gasteiger partial charge in [-0.05, 0) is 35.6 Å². The lowest BCUT2D eigenvalue weighted by molar-refractivity contribution is -0.0763. The highest BCUT2D eigenvalue weighted by Crippen LogP contribution is 2.12. The average Bonchev–Trinajstić information content (AvgIpc) is 2.57.